The molecule has 7 heteroatoms. The van der Waals surface area contributed by atoms with Crippen molar-refractivity contribution in [3.05, 3.63) is 41.1 Å². The number of aromatic hydroxyl groups is 1. The van der Waals surface area contributed by atoms with Gasteiger partial charge >= 0.3 is 5.97 Å². The number of carbonyl (C=O) groups excluding carboxylic acids is 2. The molecule has 0 radical (unpaired) electrons. The van der Waals surface area contributed by atoms with Crippen molar-refractivity contribution in [1.29, 1.82) is 0 Å². The first-order chi connectivity index (χ1) is 12.5. The number of carbonyl (C=O) groups is 2. The van der Waals surface area contributed by atoms with Crippen molar-refractivity contribution in [1.82, 2.24) is 9.78 Å². The number of methoxy groups -OCH3 is 1. The van der Waals surface area contributed by atoms with Gasteiger partial charge in [-0.3, -0.25) is 4.79 Å². The van der Waals surface area contributed by atoms with Gasteiger partial charge in [0.1, 0.15) is 17.1 Å². The Hall–Kier alpha value is -2.83. The van der Waals surface area contributed by atoms with E-state index in [1.54, 1.807) is 18.3 Å². The van der Waals surface area contributed by atoms with Crippen molar-refractivity contribution < 1.29 is 19.4 Å². The number of aromatic nitrogens is 2. The minimum atomic E-state index is -0.613. The summed E-state index contributed by atoms with van der Waals surface area (Å²) in [6.45, 7) is 4.18. The SMILES string of the molecule is CCC(CC)n1ncc2c1NC(=O)CC2c1ccc(O)c(C(=O)OC)c1. The molecule has 0 bridgehead atoms. The molecular weight excluding hydrogens is 334 g/mol. The van der Waals surface area contributed by atoms with E-state index in [2.05, 4.69) is 24.3 Å². The Morgan fingerprint density at radius 2 is 2.15 bits per heavy atom. The summed E-state index contributed by atoms with van der Waals surface area (Å²) in [5, 5.41) is 17.4. The highest BCUT2D eigenvalue weighted by atomic mass is 16.5. The number of esters is 1. The predicted molar refractivity (Wildman–Crippen MR) is 96.4 cm³/mol. The van der Waals surface area contributed by atoms with Crippen LogP contribution in [0.1, 0.15) is 66.6 Å². The summed E-state index contributed by atoms with van der Waals surface area (Å²) in [7, 11) is 1.26. The van der Waals surface area contributed by atoms with Gasteiger partial charge in [-0.25, -0.2) is 9.48 Å². The number of nitrogens with one attached hydrogen (secondary N) is 1. The average molecular weight is 357 g/mol. The number of ether oxygens (including phenoxy) is 1. The van der Waals surface area contributed by atoms with Crippen LogP contribution in [0.15, 0.2) is 24.4 Å². The van der Waals surface area contributed by atoms with Gasteiger partial charge in [0.2, 0.25) is 5.91 Å². The Balaban J connectivity index is 2.06. The molecule has 2 N–H and O–H groups in total. The Bertz CT molecular complexity index is 839. The van der Waals surface area contributed by atoms with Crippen molar-refractivity contribution >= 4 is 17.7 Å². The zero-order valence-corrected chi connectivity index (χ0v) is 15.2. The topological polar surface area (TPSA) is 93.5 Å². The predicted octanol–water partition coefficient (Wildman–Crippen LogP) is 3.21. The fraction of sp³-hybridized carbons (Fsp3) is 0.421. The smallest absolute Gasteiger partial charge is 0.341 e. The third kappa shape index (κ3) is 3.05. The van der Waals surface area contributed by atoms with E-state index in [0.717, 1.165) is 24.0 Å². The summed E-state index contributed by atoms with van der Waals surface area (Å²) >= 11 is 0. The fourth-order valence-electron chi connectivity index (χ4n) is 3.49. The van der Waals surface area contributed by atoms with Crippen molar-refractivity contribution in [3.63, 3.8) is 0 Å². The van der Waals surface area contributed by atoms with Gasteiger partial charge in [0.15, 0.2) is 0 Å². The van der Waals surface area contributed by atoms with E-state index in [0.29, 0.717) is 5.82 Å². The number of amides is 1. The lowest BCUT2D eigenvalue weighted by Crippen LogP contribution is -2.26. The number of fused-ring (bicyclic) bond motifs is 1. The third-order valence-corrected chi connectivity index (χ3v) is 4.96. The minimum Gasteiger partial charge on any atom is -0.507 e. The standard InChI is InChI=1S/C19H23N3O4/c1-4-12(5-2)22-18-15(10-20-22)13(9-17(24)21-18)11-6-7-16(23)14(8-11)19(25)26-3/h6-8,10,12-13,23H,4-5,9H2,1-3H3,(H,21,24). The number of phenols is 1. The summed E-state index contributed by atoms with van der Waals surface area (Å²) in [5.41, 5.74) is 1.77. The molecule has 1 aromatic carbocycles. The quantitative estimate of drug-likeness (QED) is 0.802. The molecule has 3 rings (SSSR count). The van der Waals surface area contributed by atoms with Gasteiger partial charge in [-0.05, 0) is 30.5 Å². The lowest BCUT2D eigenvalue weighted by Gasteiger charge is -2.26. The lowest BCUT2D eigenvalue weighted by atomic mass is 9.86. The molecule has 0 aliphatic carbocycles. The first kappa shape index (κ1) is 18.0. The average Bonchev–Trinajstić information content (AvgIpc) is 3.05. The third-order valence-electron chi connectivity index (χ3n) is 4.96. The second-order valence-electron chi connectivity index (χ2n) is 6.44. The van der Waals surface area contributed by atoms with E-state index >= 15 is 0 Å². The Labute approximate surface area is 152 Å². The highest BCUT2D eigenvalue weighted by molar-refractivity contribution is 5.95. The zero-order chi connectivity index (χ0) is 18.8. The van der Waals surface area contributed by atoms with Gasteiger partial charge in [0.25, 0.3) is 0 Å². The molecule has 0 saturated carbocycles. The van der Waals surface area contributed by atoms with Gasteiger partial charge in [0, 0.05) is 17.9 Å². The lowest BCUT2D eigenvalue weighted by molar-refractivity contribution is -0.116. The summed E-state index contributed by atoms with van der Waals surface area (Å²) in [5.74, 6) is -0.368. The first-order valence-electron chi connectivity index (χ1n) is 8.78. The van der Waals surface area contributed by atoms with Crippen molar-refractivity contribution in [2.45, 2.75) is 45.1 Å². The molecule has 1 aliphatic heterocycles. The van der Waals surface area contributed by atoms with Gasteiger partial charge < -0.3 is 15.2 Å². The number of nitrogens with zero attached hydrogens (tertiary/aromatic N) is 2. The van der Waals surface area contributed by atoms with Gasteiger partial charge in [0.05, 0.1) is 19.3 Å². The van der Waals surface area contributed by atoms with Crippen LogP contribution in [-0.4, -0.2) is 33.9 Å². The second-order valence-corrected chi connectivity index (χ2v) is 6.44. The molecule has 0 fully saturated rings. The Morgan fingerprint density at radius 3 is 2.81 bits per heavy atom. The monoisotopic (exact) mass is 357 g/mol. The molecule has 0 saturated heterocycles. The molecule has 1 amide bonds. The number of rotatable bonds is 5. The van der Waals surface area contributed by atoms with E-state index in [1.807, 2.05) is 4.68 Å². The fourth-order valence-corrected chi connectivity index (χ4v) is 3.49. The first-order valence-corrected chi connectivity index (χ1v) is 8.78. The van der Waals surface area contributed by atoms with Crippen LogP contribution in [0.4, 0.5) is 5.82 Å². The van der Waals surface area contributed by atoms with E-state index in [1.165, 1.54) is 13.2 Å². The molecular formula is C19H23N3O4. The van der Waals surface area contributed by atoms with E-state index in [4.69, 9.17) is 4.74 Å². The molecule has 1 aliphatic rings. The maximum absolute atomic E-state index is 12.3. The van der Waals surface area contributed by atoms with E-state index < -0.39 is 5.97 Å². The molecule has 26 heavy (non-hydrogen) atoms. The molecule has 2 aromatic rings. The molecule has 7 nitrogen and oxygen atoms in total. The van der Waals surface area contributed by atoms with Gasteiger partial charge in [-0.15, -0.1) is 0 Å². The van der Waals surface area contributed by atoms with Crippen LogP contribution in [-0.2, 0) is 9.53 Å². The van der Waals surface area contributed by atoms with Crippen LogP contribution >= 0.6 is 0 Å². The molecule has 2 heterocycles. The van der Waals surface area contributed by atoms with Gasteiger partial charge in [-0.2, -0.15) is 5.10 Å². The molecule has 1 aromatic heterocycles. The normalized spacial score (nSPS) is 16.3. The summed E-state index contributed by atoms with van der Waals surface area (Å²) in [4.78, 5) is 24.2. The Kier molecular flexibility index (Phi) is 4.97. The van der Waals surface area contributed by atoms with Crippen LogP contribution < -0.4 is 5.32 Å². The molecule has 0 spiro atoms. The van der Waals surface area contributed by atoms with Crippen molar-refractivity contribution in [2.75, 3.05) is 12.4 Å². The summed E-state index contributed by atoms with van der Waals surface area (Å²) in [6.07, 6.45) is 3.86. The van der Waals surface area contributed by atoms with Crippen LogP contribution in [0.2, 0.25) is 0 Å². The maximum Gasteiger partial charge on any atom is 0.341 e. The van der Waals surface area contributed by atoms with E-state index in [-0.39, 0.29) is 35.6 Å². The number of anilines is 1. The van der Waals surface area contributed by atoms with Crippen LogP contribution in [0.25, 0.3) is 0 Å². The number of phenolic OH excluding ortho intramolecular Hbond substituents is 1. The summed E-state index contributed by atoms with van der Waals surface area (Å²) < 4.78 is 6.60. The van der Waals surface area contributed by atoms with Crippen molar-refractivity contribution in [2.24, 2.45) is 0 Å². The largest absolute Gasteiger partial charge is 0.507 e. The highest BCUT2D eigenvalue weighted by Gasteiger charge is 2.32. The van der Waals surface area contributed by atoms with Gasteiger partial charge in [-0.1, -0.05) is 19.9 Å². The highest BCUT2D eigenvalue weighted by Crippen LogP contribution is 2.39. The molecule has 138 valence electrons. The van der Waals surface area contributed by atoms with E-state index in [9.17, 15) is 14.7 Å². The molecule has 1 unspecified atom stereocenters. The number of benzene rings is 1. The minimum absolute atomic E-state index is 0.0879. The maximum atomic E-state index is 12.3. The zero-order valence-electron chi connectivity index (χ0n) is 15.2. The molecule has 1 atom stereocenters. The number of hydrogen-bond donors (Lipinski definition) is 2. The number of hydrogen-bond acceptors (Lipinski definition) is 5. The van der Waals surface area contributed by atoms with Crippen LogP contribution in [0, 0.1) is 0 Å². The second kappa shape index (κ2) is 7.19. The van der Waals surface area contributed by atoms with Crippen molar-refractivity contribution in [3.8, 4) is 5.75 Å². The van der Waals surface area contributed by atoms with Crippen LogP contribution in [0.5, 0.6) is 5.75 Å². The summed E-state index contributed by atoms with van der Waals surface area (Å²) in [6, 6.07) is 4.98. The van der Waals surface area contributed by atoms with Crippen LogP contribution in [0.3, 0.4) is 0 Å². The Morgan fingerprint density at radius 1 is 1.42 bits per heavy atom.